The molecule has 0 rings (SSSR count). The van der Waals surface area contributed by atoms with E-state index in [1.54, 1.807) is 20.8 Å². The van der Waals surface area contributed by atoms with Crippen LogP contribution in [0, 0.1) is 5.92 Å². The Kier molecular flexibility index (Phi) is 6.89. The Labute approximate surface area is 111 Å². The number of carboxylic acid groups (broad SMARTS) is 2. The normalized spacial score (nSPS) is 11.2. The summed E-state index contributed by atoms with van der Waals surface area (Å²) in [5.74, 6) is -4.07. The van der Waals surface area contributed by atoms with Crippen LogP contribution in [0.25, 0.3) is 0 Å². The number of hydrogen-bond acceptors (Lipinski definition) is 4. The van der Waals surface area contributed by atoms with Crippen LogP contribution in [-0.2, 0) is 14.3 Å². The monoisotopic (exact) mass is 275 g/mol. The maximum Gasteiger partial charge on any atom is 0.407 e. The predicted molar refractivity (Wildman–Crippen MR) is 66.8 cm³/mol. The lowest BCUT2D eigenvalue weighted by Crippen LogP contribution is -2.33. The first-order valence-corrected chi connectivity index (χ1v) is 6.06. The highest BCUT2D eigenvalue weighted by Crippen LogP contribution is 2.09. The van der Waals surface area contributed by atoms with Gasteiger partial charge in [0.15, 0.2) is 5.92 Å². The quantitative estimate of drug-likeness (QED) is 0.479. The van der Waals surface area contributed by atoms with Crippen molar-refractivity contribution in [3.05, 3.63) is 0 Å². The molecule has 0 fully saturated rings. The fourth-order valence-corrected chi connectivity index (χ4v) is 1.33. The number of carbonyl (C=O) groups excluding carboxylic acids is 1. The van der Waals surface area contributed by atoms with Crippen LogP contribution in [0.1, 0.15) is 40.0 Å². The molecule has 7 nitrogen and oxygen atoms in total. The Morgan fingerprint density at radius 1 is 1.11 bits per heavy atom. The van der Waals surface area contributed by atoms with Gasteiger partial charge in [-0.05, 0) is 33.6 Å². The highest BCUT2D eigenvalue weighted by atomic mass is 16.6. The number of aliphatic carboxylic acids is 2. The summed E-state index contributed by atoms with van der Waals surface area (Å²) in [4.78, 5) is 32.4. The van der Waals surface area contributed by atoms with Gasteiger partial charge in [-0.15, -0.1) is 0 Å². The molecule has 0 aliphatic rings. The lowest BCUT2D eigenvalue weighted by Gasteiger charge is -2.19. The Hall–Kier alpha value is -1.79. The zero-order valence-electron chi connectivity index (χ0n) is 11.4. The first kappa shape index (κ1) is 17.2. The summed E-state index contributed by atoms with van der Waals surface area (Å²) < 4.78 is 5.00. The van der Waals surface area contributed by atoms with Crippen molar-refractivity contribution in [3.8, 4) is 0 Å². The SMILES string of the molecule is CC(C)(C)OC(=O)NCCCCC(C(=O)O)C(=O)O. The van der Waals surface area contributed by atoms with Crippen LogP contribution in [0.15, 0.2) is 0 Å². The van der Waals surface area contributed by atoms with E-state index in [4.69, 9.17) is 14.9 Å². The van der Waals surface area contributed by atoms with Crippen molar-refractivity contribution in [2.75, 3.05) is 6.54 Å². The summed E-state index contributed by atoms with van der Waals surface area (Å²) in [6.45, 7) is 5.56. The van der Waals surface area contributed by atoms with E-state index in [0.29, 0.717) is 19.4 Å². The van der Waals surface area contributed by atoms with E-state index in [0.717, 1.165) is 0 Å². The van der Waals surface area contributed by atoms with E-state index in [1.165, 1.54) is 0 Å². The van der Waals surface area contributed by atoms with Crippen LogP contribution in [0.3, 0.4) is 0 Å². The van der Waals surface area contributed by atoms with Crippen molar-refractivity contribution >= 4 is 18.0 Å². The molecule has 0 saturated carbocycles. The van der Waals surface area contributed by atoms with Gasteiger partial charge in [0.05, 0.1) is 0 Å². The molecule has 0 spiro atoms. The van der Waals surface area contributed by atoms with Crippen LogP contribution in [0.5, 0.6) is 0 Å². The molecule has 0 aliphatic heterocycles. The van der Waals surface area contributed by atoms with Crippen LogP contribution in [0.2, 0.25) is 0 Å². The molecule has 1 amide bonds. The summed E-state index contributed by atoms with van der Waals surface area (Å²) in [6, 6.07) is 0. The van der Waals surface area contributed by atoms with Crippen molar-refractivity contribution in [3.63, 3.8) is 0 Å². The van der Waals surface area contributed by atoms with Crippen LogP contribution >= 0.6 is 0 Å². The second-order valence-electron chi connectivity index (χ2n) is 5.15. The molecule has 0 saturated heterocycles. The number of carboxylic acids is 2. The van der Waals surface area contributed by atoms with E-state index >= 15 is 0 Å². The molecular formula is C12H21NO6. The minimum Gasteiger partial charge on any atom is -0.481 e. The van der Waals surface area contributed by atoms with Gasteiger partial charge in [0.1, 0.15) is 5.60 Å². The number of unbranched alkanes of at least 4 members (excludes halogenated alkanes) is 1. The standard InChI is InChI=1S/C12H21NO6/c1-12(2,3)19-11(18)13-7-5-4-6-8(9(14)15)10(16)17/h8H,4-7H2,1-3H3,(H,13,18)(H,14,15)(H,16,17). The minimum atomic E-state index is -1.39. The van der Waals surface area contributed by atoms with E-state index in [1.807, 2.05) is 0 Å². The van der Waals surface area contributed by atoms with Crippen molar-refractivity contribution in [1.82, 2.24) is 5.32 Å². The Bertz CT molecular complexity index is 320. The fourth-order valence-electron chi connectivity index (χ4n) is 1.33. The number of carbonyl (C=O) groups is 3. The Balaban J connectivity index is 3.79. The molecule has 0 radical (unpaired) electrons. The zero-order chi connectivity index (χ0) is 15.1. The average molecular weight is 275 g/mol. The molecule has 0 aromatic heterocycles. The fraction of sp³-hybridized carbons (Fsp3) is 0.750. The Morgan fingerprint density at radius 3 is 2.05 bits per heavy atom. The van der Waals surface area contributed by atoms with Gasteiger partial charge in [0.2, 0.25) is 0 Å². The molecule has 0 atom stereocenters. The lowest BCUT2D eigenvalue weighted by molar-refractivity contribution is -0.154. The van der Waals surface area contributed by atoms with Crippen LogP contribution in [0.4, 0.5) is 4.79 Å². The predicted octanol–water partition coefficient (Wildman–Crippen LogP) is 1.47. The van der Waals surface area contributed by atoms with Gasteiger partial charge in [-0.2, -0.15) is 0 Å². The van der Waals surface area contributed by atoms with Gasteiger partial charge >= 0.3 is 18.0 Å². The molecule has 7 heteroatoms. The second kappa shape index (κ2) is 7.60. The third-order valence-corrected chi connectivity index (χ3v) is 2.18. The summed E-state index contributed by atoms with van der Waals surface area (Å²) >= 11 is 0. The topological polar surface area (TPSA) is 113 Å². The highest BCUT2D eigenvalue weighted by Gasteiger charge is 2.24. The summed E-state index contributed by atoms with van der Waals surface area (Å²) in [6.07, 6.45) is 0.399. The number of hydrogen-bond donors (Lipinski definition) is 3. The lowest BCUT2D eigenvalue weighted by atomic mass is 10.0. The van der Waals surface area contributed by atoms with Gasteiger partial charge in [-0.1, -0.05) is 6.42 Å². The molecule has 0 heterocycles. The number of nitrogens with one attached hydrogen (secondary N) is 1. The summed E-state index contributed by atoms with van der Waals surface area (Å²) in [5, 5.41) is 19.8. The maximum atomic E-state index is 11.3. The highest BCUT2D eigenvalue weighted by molar-refractivity contribution is 5.92. The van der Waals surface area contributed by atoms with Crippen molar-refractivity contribution < 1.29 is 29.3 Å². The Morgan fingerprint density at radius 2 is 1.63 bits per heavy atom. The number of alkyl carbamates (subject to hydrolysis) is 1. The molecule has 0 aromatic rings. The number of ether oxygens (including phenoxy) is 1. The molecule has 110 valence electrons. The third kappa shape index (κ3) is 8.87. The number of amides is 1. The zero-order valence-corrected chi connectivity index (χ0v) is 11.4. The molecule has 0 aliphatic carbocycles. The first-order valence-electron chi connectivity index (χ1n) is 6.06. The summed E-state index contributed by atoms with van der Waals surface area (Å²) in [5.41, 5.74) is -0.568. The van der Waals surface area contributed by atoms with Gasteiger partial charge in [-0.25, -0.2) is 4.79 Å². The maximum absolute atomic E-state index is 11.3. The molecule has 0 unspecified atom stereocenters. The van der Waals surface area contributed by atoms with Crippen molar-refractivity contribution in [2.24, 2.45) is 5.92 Å². The van der Waals surface area contributed by atoms with Gasteiger partial charge in [0.25, 0.3) is 0 Å². The largest absolute Gasteiger partial charge is 0.481 e. The smallest absolute Gasteiger partial charge is 0.407 e. The molecule has 3 N–H and O–H groups in total. The minimum absolute atomic E-state index is 0.0423. The molecule has 0 bridgehead atoms. The van der Waals surface area contributed by atoms with Gasteiger partial charge in [0, 0.05) is 6.54 Å². The van der Waals surface area contributed by atoms with E-state index < -0.39 is 29.6 Å². The third-order valence-electron chi connectivity index (χ3n) is 2.18. The molecular weight excluding hydrogens is 254 g/mol. The van der Waals surface area contributed by atoms with E-state index in [-0.39, 0.29) is 6.42 Å². The summed E-state index contributed by atoms with van der Waals surface area (Å²) in [7, 11) is 0. The second-order valence-corrected chi connectivity index (χ2v) is 5.15. The first-order chi connectivity index (χ1) is 8.63. The van der Waals surface area contributed by atoms with Gasteiger partial charge in [-0.3, -0.25) is 9.59 Å². The van der Waals surface area contributed by atoms with Crippen LogP contribution < -0.4 is 5.32 Å². The molecule has 19 heavy (non-hydrogen) atoms. The van der Waals surface area contributed by atoms with E-state index in [2.05, 4.69) is 5.32 Å². The van der Waals surface area contributed by atoms with E-state index in [9.17, 15) is 14.4 Å². The van der Waals surface area contributed by atoms with Crippen LogP contribution in [-0.4, -0.2) is 40.4 Å². The average Bonchev–Trinajstić information content (AvgIpc) is 2.19. The van der Waals surface area contributed by atoms with Gasteiger partial charge < -0.3 is 20.3 Å². The molecule has 0 aromatic carbocycles. The van der Waals surface area contributed by atoms with Crippen molar-refractivity contribution in [1.29, 1.82) is 0 Å². The number of rotatable bonds is 7. The van der Waals surface area contributed by atoms with Crippen molar-refractivity contribution in [2.45, 2.75) is 45.6 Å².